The van der Waals surface area contributed by atoms with Gasteiger partial charge in [-0.05, 0) is 12.1 Å². The number of nitro groups is 1. The Morgan fingerprint density at radius 1 is 1.08 bits per heavy atom. The summed E-state index contributed by atoms with van der Waals surface area (Å²) in [6, 6.07) is 2.99. The van der Waals surface area contributed by atoms with Gasteiger partial charge in [0.1, 0.15) is 11.4 Å². The van der Waals surface area contributed by atoms with Crippen LogP contribution in [0.3, 0.4) is 0 Å². The maximum Gasteiger partial charge on any atom is 0.315 e. The fourth-order valence-electron chi connectivity index (χ4n) is 1.99. The zero-order valence-electron chi connectivity index (χ0n) is 14.1. The molecule has 0 atom stereocenters. The van der Waals surface area contributed by atoms with E-state index in [-0.39, 0.29) is 18.9 Å². The summed E-state index contributed by atoms with van der Waals surface area (Å²) < 4.78 is 15.3. The monoisotopic (exact) mass is 377 g/mol. The molecule has 3 N–H and O–H groups in total. The summed E-state index contributed by atoms with van der Waals surface area (Å²) in [7, 11) is 1.58. The van der Waals surface area contributed by atoms with Crippen LogP contribution in [-0.4, -0.2) is 69.9 Å². The molecule has 0 saturated carbocycles. The molecule has 1 aromatic rings. The van der Waals surface area contributed by atoms with Gasteiger partial charge in [-0.15, -0.1) is 0 Å². The lowest BCUT2D eigenvalue weighted by Gasteiger charge is -2.13. The lowest BCUT2D eigenvalue weighted by atomic mass is 10.2. The SMILES string of the molecule is COCCOCCNc1cc(Cl)cc(NCCOCCO)c1[N+](=O)[O-]. The number of aliphatic hydroxyl groups excluding tert-OH is 1. The number of halogens is 1. The quantitative estimate of drug-likeness (QED) is 0.255. The molecule has 0 amide bonds. The molecule has 0 unspecified atom stereocenters. The summed E-state index contributed by atoms with van der Waals surface area (Å²) in [4.78, 5) is 11.0. The lowest BCUT2D eigenvalue weighted by Crippen LogP contribution is -2.15. The highest BCUT2D eigenvalue weighted by atomic mass is 35.5. The summed E-state index contributed by atoms with van der Waals surface area (Å²) in [5, 5.41) is 26.3. The van der Waals surface area contributed by atoms with E-state index in [4.69, 9.17) is 30.9 Å². The van der Waals surface area contributed by atoms with Crippen molar-refractivity contribution in [2.24, 2.45) is 0 Å². The van der Waals surface area contributed by atoms with Crippen LogP contribution in [0.4, 0.5) is 17.1 Å². The number of anilines is 2. The molecule has 0 aliphatic carbocycles. The van der Waals surface area contributed by atoms with Gasteiger partial charge < -0.3 is 30.0 Å². The second kappa shape index (κ2) is 12.7. The Morgan fingerprint density at radius 3 is 2.12 bits per heavy atom. The van der Waals surface area contributed by atoms with Crippen molar-refractivity contribution in [1.82, 2.24) is 0 Å². The summed E-state index contributed by atoms with van der Waals surface area (Å²) in [6.45, 7) is 2.52. The number of hydrogen-bond donors (Lipinski definition) is 3. The summed E-state index contributed by atoms with van der Waals surface area (Å²) >= 11 is 6.06. The third-order valence-electron chi connectivity index (χ3n) is 3.05. The van der Waals surface area contributed by atoms with Gasteiger partial charge in [-0.2, -0.15) is 0 Å². The Hall–Kier alpha value is -1.65. The van der Waals surface area contributed by atoms with Crippen LogP contribution in [0.25, 0.3) is 0 Å². The molecule has 0 spiro atoms. The first kappa shape index (κ1) is 21.4. The van der Waals surface area contributed by atoms with Crippen molar-refractivity contribution in [3.05, 3.63) is 27.3 Å². The molecule has 0 bridgehead atoms. The van der Waals surface area contributed by atoms with E-state index < -0.39 is 4.92 Å². The molecule has 0 radical (unpaired) electrons. The average Bonchev–Trinajstić information content (AvgIpc) is 2.57. The van der Waals surface area contributed by atoms with Crippen molar-refractivity contribution in [2.45, 2.75) is 0 Å². The first-order valence-electron chi connectivity index (χ1n) is 7.81. The maximum atomic E-state index is 11.4. The molecule has 0 aliphatic heterocycles. The molecule has 0 aliphatic rings. The molecular weight excluding hydrogens is 354 g/mol. The second-order valence-corrected chi connectivity index (χ2v) is 5.34. The summed E-state index contributed by atoms with van der Waals surface area (Å²) in [5.74, 6) is 0. The van der Waals surface area contributed by atoms with Crippen LogP contribution in [0.5, 0.6) is 0 Å². The number of nitrogens with zero attached hydrogens (tertiary/aromatic N) is 1. The molecule has 1 aromatic carbocycles. The van der Waals surface area contributed by atoms with E-state index in [1.807, 2.05) is 0 Å². The smallest absolute Gasteiger partial charge is 0.315 e. The average molecular weight is 378 g/mol. The van der Waals surface area contributed by atoms with Gasteiger partial charge in [-0.1, -0.05) is 11.6 Å². The Kier molecular flexibility index (Phi) is 10.8. The van der Waals surface area contributed by atoms with Gasteiger partial charge in [-0.25, -0.2) is 0 Å². The van der Waals surface area contributed by atoms with E-state index in [2.05, 4.69) is 10.6 Å². The minimum Gasteiger partial charge on any atom is -0.394 e. The fourth-order valence-corrected chi connectivity index (χ4v) is 2.21. The normalized spacial score (nSPS) is 10.7. The van der Waals surface area contributed by atoms with Crippen LogP contribution >= 0.6 is 11.6 Å². The number of benzene rings is 1. The maximum absolute atomic E-state index is 11.4. The van der Waals surface area contributed by atoms with E-state index in [1.165, 1.54) is 12.1 Å². The van der Waals surface area contributed by atoms with Gasteiger partial charge in [0, 0.05) is 25.2 Å². The zero-order chi connectivity index (χ0) is 18.5. The number of methoxy groups -OCH3 is 1. The molecule has 25 heavy (non-hydrogen) atoms. The molecule has 142 valence electrons. The zero-order valence-corrected chi connectivity index (χ0v) is 14.9. The highest BCUT2D eigenvalue weighted by molar-refractivity contribution is 6.31. The first-order chi connectivity index (χ1) is 12.1. The first-order valence-corrected chi connectivity index (χ1v) is 8.19. The molecule has 0 saturated heterocycles. The Bertz CT molecular complexity index is 532. The predicted molar refractivity (Wildman–Crippen MR) is 95.7 cm³/mol. The minimum absolute atomic E-state index is 0.0716. The van der Waals surface area contributed by atoms with Crippen LogP contribution in [-0.2, 0) is 14.2 Å². The van der Waals surface area contributed by atoms with Gasteiger partial charge in [-0.3, -0.25) is 10.1 Å². The van der Waals surface area contributed by atoms with Crippen LogP contribution in [0.15, 0.2) is 12.1 Å². The molecule has 0 heterocycles. The van der Waals surface area contributed by atoms with Crippen molar-refractivity contribution >= 4 is 28.7 Å². The number of hydrogen-bond acceptors (Lipinski definition) is 8. The third kappa shape index (κ3) is 8.32. The van der Waals surface area contributed by atoms with Crippen LogP contribution < -0.4 is 10.6 Å². The number of nitrogens with one attached hydrogen (secondary N) is 2. The second-order valence-electron chi connectivity index (χ2n) is 4.90. The molecule has 0 aromatic heterocycles. The van der Waals surface area contributed by atoms with Crippen molar-refractivity contribution < 1.29 is 24.2 Å². The third-order valence-corrected chi connectivity index (χ3v) is 3.27. The van der Waals surface area contributed by atoms with Gasteiger partial charge in [0.05, 0.1) is 44.6 Å². The standard InChI is InChI=1S/C15H24ClN3O6/c1-23-8-9-25-6-3-18-14-11-12(16)10-13(15(14)19(21)22)17-2-5-24-7-4-20/h10-11,17-18,20H,2-9H2,1H3. The molecule has 1 rings (SSSR count). The highest BCUT2D eigenvalue weighted by Crippen LogP contribution is 2.36. The highest BCUT2D eigenvalue weighted by Gasteiger charge is 2.21. The van der Waals surface area contributed by atoms with E-state index in [1.54, 1.807) is 7.11 Å². The Labute approximate surface area is 151 Å². The van der Waals surface area contributed by atoms with Crippen molar-refractivity contribution in [1.29, 1.82) is 0 Å². The number of aliphatic hydroxyl groups is 1. The predicted octanol–water partition coefficient (Wildman–Crippen LogP) is 1.74. The molecule has 9 nitrogen and oxygen atoms in total. The minimum atomic E-state index is -0.471. The Morgan fingerprint density at radius 2 is 1.64 bits per heavy atom. The summed E-state index contributed by atoms with van der Waals surface area (Å²) in [6.07, 6.45) is 0. The topological polar surface area (TPSA) is 115 Å². The number of ether oxygens (including phenoxy) is 3. The van der Waals surface area contributed by atoms with Gasteiger partial charge in [0.25, 0.3) is 0 Å². The van der Waals surface area contributed by atoms with Crippen molar-refractivity contribution in [3.8, 4) is 0 Å². The van der Waals surface area contributed by atoms with E-state index in [0.717, 1.165) is 0 Å². The van der Waals surface area contributed by atoms with Gasteiger partial charge in [0.15, 0.2) is 0 Å². The van der Waals surface area contributed by atoms with E-state index in [0.29, 0.717) is 55.9 Å². The number of nitro benzene ring substituents is 1. The van der Waals surface area contributed by atoms with E-state index in [9.17, 15) is 10.1 Å². The van der Waals surface area contributed by atoms with Crippen LogP contribution in [0, 0.1) is 10.1 Å². The molecule has 0 fully saturated rings. The van der Waals surface area contributed by atoms with Crippen molar-refractivity contribution in [3.63, 3.8) is 0 Å². The van der Waals surface area contributed by atoms with Crippen LogP contribution in [0.1, 0.15) is 0 Å². The lowest BCUT2D eigenvalue weighted by molar-refractivity contribution is -0.383. The van der Waals surface area contributed by atoms with Gasteiger partial charge >= 0.3 is 5.69 Å². The fraction of sp³-hybridized carbons (Fsp3) is 0.600. The summed E-state index contributed by atoms with van der Waals surface area (Å²) in [5.41, 5.74) is 0.517. The largest absolute Gasteiger partial charge is 0.394 e. The Balaban J connectivity index is 2.67. The molecule has 10 heteroatoms. The van der Waals surface area contributed by atoms with Crippen LogP contribution in [0.2, 0.25) is 5.02 Å². The van der Waals surface area contributed by atoms with Gasteiger partial charge in [0.2, 0.25) is 0 Å². The number of rotatable bonds is 14. The van der Waals surface area contributed by atoms with Crippen molar-refractivity contribution in [2.75, 3.05) is 70.5 Å². The van der Waals surface area contributed by atoms with E-state index >= 15 is 0 Å². The molecular formula is C15H24ClN3O6.